The number of rotatable bonds is 18. The molecule has 0 fully saturated rings. The molecule has 0 bridgehead atoms. The second-order valence-electron chi connectivity index (χ2n) is 20.1. The van der Waals surface area contributed by atoms with Crippen LogP contribution in [-0.4, -0.2) is 143 Å². The van der Waals surface area contributed by atoms with E-state index in [1.54, 1.807) is 0 Å². The zero-order valence-corrected chi connectivity index (χ0v) is 75.0. The van der Waals surface area contributed by atoms with Gasteiger partial charge in [-0.15, -0.1) is 0 Å². The van der Waals surface area contributed by atoms with E-state index in [9.17, 15) is 87.4 Å². The van der Waals surface area contributed by atoms with Crippen molar-refractivity contribution in [3.05, 3.63) is 163 Å². The van der Waals surface area contributed by atoms with Crippen LogP contribution in [0.5, 0.6) is 0 Å². The molecule has 0 saturated carbocycles. The molecule has 2 aliphatic rings. The molecule has 8 aromatic rings. The molecule has 54 heteroatoms. The van der Waals surface area contributed by atoms with Crippen molar-refractivity contribution in [3.8, 4) is 0 Å². The monoisotopic (exact) mass is 1700 g/mol. The minimum atomic E-state index is -5.40. The maximum absolute atomic E-state index is 13.5. The summed E-state index contributed by atoms with van der Waals surface area (Å²) >= 11 is 24.8. The van der Waals surface area contributed by atoms with E-state index in [1.165, 1.54) is 26.0 Å². The van der Waals surface area contributed by atoms with Crippen LogP contribution in [0.2, 0.25) is 20.6 Å². The number of hydrogen-bond acceptors (Lipinski definition) is 32. The van der Waals surface area contributed by atoms with E-state index in [-0.39, 0.29) is 255 Å². The largest absolute Gasteiger partial charge is 1.00 e. The molecule has 6 aromatic carbocycles. The third-order valence-corrected chi connectivity index (χ3v) is 19.5. The van der Waals surface area contributed by atoms with Crippen LogP contribution >= 0.6 is 46.4 Å². The molecule has 0 saturated heterocycles. The molecule has 2 atom stereocenters. The Balaban J connectivity index is 0.00000396. The summed E-state index contributed by atoms with van der Waals surface area (Å²) in [6, 6.07) is 13.9. The van der Waals surface area contributed by atoms with Gasteiger partial charge in [0.15, 0.2) is 12.1 Å². The molecule has 4 heterocycles. The number of benzene rings is 6. The number of aromatic nitrogens is 6. The first-order chi connectivity index (χ1) is 46.6. The first-order valence-electron chi connectivity index (χ1n) is 26.7. The topological polar surface area (TPSA) is 596 Å². The van der Waals surface area contributed by atoms with E-state index in [2.05, 4.69) is 80.5 Å². The Bertz CT molecular complexity index is 5730. The van der Waals surface area contributed by atoms with Crippen LogP contribution in [0.1, 0.15) is 25.0 Å². The second-order valence-corrected chi connectivity index (χ2v) is 29.8. The van der Waals surface area contributed by atoms with Gasteiger partial charge in [-0.05, 0) is 145 Å². The molecule has 2 amide bonds. The number of H-pyrrole nitrogens is 4. The first kappa shape index (κ1) is 94.8. The van der Waals surface area contributed by atoms with E-state index in [0.717, 1.165) is 109 Å². The fraction of sp³-hybridized carbons (Fsp3) is 0.0769. The predicted molar refractivity (Wildman–Crippen MR) is 340 cm³/mol. The van der Waals surface area contributed by atoms with Crippen molar-refractivity contribution in [2.24, 2.45) is 50.6 Å². The average molecular weight is 1700 g/mol. The Hall–Kier alpha value is -3.62. The number of hydrazone groups is 2. The maximum atomic E-state index is 13.5. The molecule has 4 N–H and O–H groups in total. The van der Waals surface area contributed by atoms with Gasteiger partial charge in [-0.3, -0.25) is 19.6 Å². The molecular weight excluding hydrogens is 1670 g/mol. The van der Waals surface area contributed by atoms with Crippen molar-refractivity contribution < 1.29 is 265 Å². The quantitative estimate of drug-likeness (QED) is 0.0268. The fourth-order valence-electron chi connectivity index (χ4n) is 8.87. The van der Waals surface area contributed by atoms with Crippen molar-refractivity contribution >= 4 is 188 Å². The number of carbonyl (C=O) groups excluding carboxylic acids is 2. The van der Waals surface area contributed by atoms with Crippen molar-refractivity contribution in [1.82, 2.24) is 29.9 Å². The molecule has 0 spiro atoms. The standard InChI is InChI=1S/C52H38Cl4N18O20S6.6Na/c1-23-43(45(75)73(71-23)37-21-31(95(77,78)79)11-13-33(37)53)69-67-35-17-27(9-15-39(35)97(83,84)85)57-49-61-47(55)63-51(65-49)59-29-7-5-25(41(19-29)99(89,90)91)3-4-26-6-8-30(20-42(26)100(92,93)94)60-52-64-48(56)62-50(66-52)58-28-10-16-40(98(86,87)88)36(18-28)68-70-44-24(2)72-74(46(44)76)38-22-32(96(80,81)82)12-14-34(38)54;;;;;;/h3-22,43-44H,1-2H3,(H,77,78,79)(H,80,81,82)(H,83,84,85)(H,86,87,88)(H,89,90,91)(H,92,93,94)(H2,57,59,61,63,65)(H2,58,60,62,64,66);;;;;;/q;6*+1/p-6/b4-3+,69-67?,70-68?;;;;;;. The van der Waals surface area contributed by atoms with Gasteiger partial charge >= 0.3 is 177 Å². The summed E-state index contributed by atoms with van der Waals surface area (Å²) < 4.78 is 220. The number of amides is 2. The zero-order chi connectivity index (χ0) is 72.9. The number of anilines is 2. The Morgan fingerprint density at radius 2 is 0.726 bits per heavy atom. The molecule has 2 unspecified atom stereocenters. The van der Waals surface area contributed by atoms with Crippen LogP contribution in [0, 0.1) is 0 Å². The predicted octanol–water partition coefficient (Wildman–Crippen LogP) is -13.3. The molecule has 2 aromatic heterocycles. The van der Waals surface area contributed by atoms with Crippen LogP contribution < -0.4 is 210 Å². The minimum Gasteiger partial charge on any atom is -0.744 e. The number of aromatic amines is 4. The number of nitrogens with zero attached hydrogens (tertiary/aromatic N) is 14. The normalized spacial score (nSPS) is 15.8. The third kappa shape index (κ3) is 23.5. The van der Waals surface area contributed by atoms with E-state index in [4.69, 9.17) is 46.4 Å². The van der Waals surface area contributed by atoms with Crippen molar-refractivity contribution in [3.63, 3.8) is 0 Å². The van der Waals surface area contributed by atoms with E-state index in [0.29, 0.717) is 10.0 Å². The van der Waals surface area contributed by atoms with Crippen LogP contribution in [0.4, 0.5) is 45.5 Å². The molecule has 520 valence electrons. The minimum absolute atomic E-state index is 0. The van der Waals surface area contributed by atoms with Crippen molar-refractivity contribution in [2.75, 3.05) is 10.0 Å². The number of carbonyl (C=O) groups is 2. The number of hydrogen-bond donors (Lipinski definition) is 4. The van der Waals surface area contributed by atoms with Gasteiger partial charge in [-0.25, -0.2) is 70.5 Å². The van der Waals surface area contributed by atoms with Crippen molar-refractivity contribution in [1.29, 1.82) is 0 Å². The molecule has 106 heavy (non-hydrogen) atoms. The van der Waals surface area contributed by atoms with Crippen LogP contribution in [0.3, 0.4) is 0 Å². The van der Waals surface area contributed by atoms with Gasteiger partial charge < -0.3 is 37.3 Å². The molecule has 10 rings (SSSR count). The van der Waals surface area contributed by atoms with Crippen LogP contribution in [0.15, 0.2) is 189 Å². The van der Waals surface area contributed by atoms with Gasteiger partial charge in [0, 0.05) is 0 Å². The van der Waals surface area contributed by atoms with E-state index < -0.39 is 147 Å². The summed E-state index contributed by atoms with van der Waals surface area (Å²) in [6.07, 6.45) is 1.97. The Morgan fingerprint density at radius 1 is 0.406 bits per heavy atom. The molecular formula is C52H32Cl4N18Na6O20S6. The summed E-state index contributed by atoms with van der Waals surface area (Å²) in [5.74, 6) is -1.97. The van der Waals surface area contributed by atoms with E-state index in [1.807, 2.05) is 0 Å². The van der Waals surface area contributed by atoms with Gasteiger partial charge in [0.25, 0.3) is 11.8 Å². The molecule has 38 nitrogen and oxygen atoms in total. The number of azo groups is 2. The SMILES string of the molecule is CC1=NN(c2cc(S(=O)(=O)[O-])ccc2Cl)C(=O)C1N=Nc1cc(N=c2nc(Cl)[nH]c(=Nc3ccc(/C=C/c4ccc(N=c5[nH]c(Cl)nc(=Nc6ccc(S(=O)(=O)[O-])c(N=NC7C(=O)N(c8cc(S(=O)(=O)[O-])ccc8Cl)N=C7C)c6)[nH]5)cc4S(=O)(=O)[O-])c(S(=O)(=O)[O-])c3)[nH]2)ccc1S(=O)(=O)[O-].[Na+].[Na+].[Na+].[Na+].[Na+].[Na+]. The maximum Gasteiger partial charge on any atom is 1.00 e. The van der Waals surface area contributed by atoms with Gasteiger partial charge in [-0.1, -0.05) is 47.5 Å². The second kappa shape index (κ2) is 37.8. The van der Waals surface area contributed by atoms with Crippen molar-refractivity contribution in [2.45, 2.75) is 55.3 Å². The third-order valence-electron chi connectivity index (χ3n) is 13.3. The summed E-state index contributed by atoms with van der Waals surface area (Å²) in [5, 5.41) is 23.5. The van der Waals surface area contributed by atoms with Gasteiger partial charge in [0.05, 0.1) is 85.0 Å². The Labute approximate surface area is 751 Å². The Morgan fingerprint density at radius 3 is 1.05 bits per heavy atom. The van der Waals surface area contributed by atoms with Gasteiger partial charge in [-0.2, -0.15) is 50.6 Å². The summed E-state index contributed by atoms with van der Waals surface area (Å²) in [5.41, 5.74) is -5.11. The summed E-state index contributed by atoms with van der Waals surface area (Å²) in [7, 11) is -31.4. The fourth-order valence-corrected chi connectivity index (χ4v) is 13.2. The number of nitrogens with one attached hydrogen (secondary N) is 4. The molecule has 0 radical (unpaired) electrons. The average Bonchev–Trinajstić information content (AvgIpc) is 1.56. The zero-order valence-electron chi connectivity index (χ0n) is 55.1. The first-order valence-corrected chi connectivity index (χ1v) is 36.6. The Kier molecular flexibility index (Phi) is 33.8. The smallest absolute Gasteiger partial charge is 0.744 e. The molecule has 2 aliphatic heterocycles. The summed E-state index contributed by atoms with van der Waals surface area (Å²) in [4.78, 5) is 56.8. The van der Waals surface area contributed by atoms with Gasteiger partial charge in [0.1, 0.15) is 72.1 Å². The summed E-state index contributed by atoms with van der Waals surface area (Å²) in [6.45, 7) is 2.61. The van der Waals surface area contributed by atoms with Crippen LogP contribution in [0.25, 0.3) is 12.2 Å². The van der Waals surface area contributed by atoms with Crippen LogP contribution in [-0.2, 0) is 70.3 Å². The van der Waals surface area contributed by atoms with E-state index >= 15 is 0 Å². The van der Waals surface area contributed by atoms with Gasteiger partial charge in [0.2, 0.25) is 33.0 Å². The number of halogens is 4. The molecule has 0 aliphatic carbocycles.